The summed E-state index contributed by atoms with van der Waals surface area (Å²) in [6.45, 7) is 6.47. The van der Waals surface area contributed by atoms with E-state index >= 15 is 0 Å². The highest BCUT2D eigenvalue weighted by Gasteiger charge is 2.13. The molecule has 0 saturated carbocycles. The Bertz CT molecular complexity index is 633. The molecule has 5 nitrogen and oxygen atoms in total. The molecule has 0 aliphatic rings. The first kappa shape index (κ1) is 13.4. The van der Waals surface area contributed by atoms with Gasteiger partial charge in [-0.25, -0.2) is 4.98 Å². The third-order valence-corrected chi connectivity index (χ3v) is 3.40. The minimum absolute atomic E-state index is 0.167. The lowest BCUT2D eigenvalue weighted by atomic mass is 10.0. The van der Waals surface area contributed by atoms with E-state index < -0.39 is 0 Å². The highest BCUT2D eigenvalue weighted by molar-refractivity contribution is 5.88. The molecule has 1 heterocycles. The normalized spacial score (nSPS) is 12.8. The lowest BCUT2D eigenvalue weighted by molar-refractivity contribution is 0.511. The largest absolute Gasteiger partial charge is 0.397 e. The fourth-order valence-electron chi connectivity index (χ4n) is 2.20. The zero-order chi connectivity index (χ0) is 14.0. The maximum Gasteiger partial charge on any atom is 0.258 e. The van der Waals surface area contributed by atoms with E-state index in [0.717, 1.165) is 12.1 Å². The number of benzene rings is 1. The van der Waals surface area contributed by atoms with Crippen LogP contribution in [0.3, 0.4) is 0 Å². The fraction of sp³-hybridized carbons (Fsp3) is 0.429. The van der Waals surface area contributed by atoms with Crippen molar-refractivity contribution in [2.24, 2.45) is 5.92 Å². The number of nitrogen functional groups attached to an aromatic ring is 1. The number of nitrogens with zero attached hydrogens (tertiary/aromatic N) is 1. The lowest BCUT2D eigenvalue weighted by Crippen LogP contribution is -2.25. The molecule has 0 aliphatic heterocycles. The van der Waals surface area contributed by atoms with Gasteiger partial charge in [0.25, 0.3) is 5.56 Å². The number of fused-ring (bicyclic) bond motifs is 1. The van der Waals surface area contributed by atoms with Crippen LogP contribution in [0.25, 0.3) is 10.9 Å². The van der Waals surface area contributed by atoms with Crippen LogP contribution in [0.2, 0.25) is 0 Å². The second-order valence-corrected chi connectivity index (χ2v) is 5.09. The van der Waals surface area contributed by atoms with E-state index in [4.69, 9.17) is 5.73 Å². The van der Waals surface area contributed by atoms with E-state index in [1.54, 1.807) is 6.07 Å². The van der Waals surface area contributed by atoms with Crippen LogP contribution in [0.4, 0.5) is 11.4 Å². The third kappa shape index (κ3) is 2.70. The molecule has 0 saturated heterocycles. The number of aromatic nitrogens is 2. The number of H-pyrrole nitrogens is 1. The van der Waals surface area contributed by atoms with Crippen LogP contribution in [0.15, 0.2) is 23.3 Å². The average Bonchev–Trinajstić information content (AvgIpc) is 2.37. The van der Waals surface area contributed by atoms with Crippen molar-refractivity contribution in [1.82, 2.24) is 9.97 Å². The highest BCUT2D eigenvalue weighted by atomic mass is 16.1. The van der Waals surface area contributed by atoms with Crippen molar-refractivity contribution in [3.63, 3.8) is 0 Å². The van der Waals surface area contributed by atoms with Gasteiger partial charge in [-0.1, -0.05) is 20.8 Å². The first-order valence-electron chi connectivity index (χ1n) is 6.56. The molecule has 102 valence electrons. The second-order valence-electron chi connectivity index (χ2n) is 5.09. The van der Waals surface area contributed by atoms with Crippen LogP contribution in [-0.4, -0.2) is 16.0 Å². The second kappa shape index (κ2) is 5.30. The molecule has 1 atom stereocenters. The zero-order valence-electron chi connectivity index (χ0n) is 11.5. The number of aromatic amines is 1. The molecule has 5 heteroatoms. The molecule has 0 spiro atoms. The standard InChI is InChI=1S/C14H20N4O/c1-4-11(8(2)3)18-13-6-12-9(5-10(13)15)14(19)17-7-16-12/h5-8,11,18H,4,15H2,1-3H3,(H,16,17,19). The molecular weight excluding hydrogens is 240 g/mol. The molecule has 0 amide bonds. The van der Waals surface area contributed by atoms with Crippen LogP contribution in [0.5, 0.6) is 0 Å². The molecule has 0 fully saturated rings. The van der Waals surface area contributed by atoms with E-state index in [-0.39, 0.29) is 5.56 Å². The van der Waals surface area contributed by atoms with Gasteiger partial charge in [-0.2, -0.15) is 0 Å². The smallest absolute Gasteiger partial charge is 0.258 e. The monoisotopic (exact) mass is 260 g/mol. The Morgan fingerprint density at radius 1 is 1.42 bits per heavy atom. The quantitative estimate of drug-likeness (QED) is 0.737. The van der Waals surface area contributed by atoms with Gasteiger partial charge in [0.05, 0.1) is 28.6 Å². The van der Waals surface area contributed by atoms with Gasteiger partial charge >= 0.3 is 0 Å². The summed E-state index contributed by atoms with van der Waals surface area (Å²) in [5.74, 6) is 0.507. The third-order valence-electron chi connectivity index (χ3n) is 3.40. The van der Waals surface area contributed by atoms with Gasteiger partial charge in [0.15, 0.2) is 0 Å². The Morgan fingerprint density at radius 3 is 2.79 bits per heavy atom. The predicted molar refractivity (Wildman–Crippen MR) is 79.3 cm³/mol. The molecule has 1 aromatic carbocycles. The van der Waals surface area contributed by atoms with Crippen molar-refractivity contribution in [3.8, 4) is 0 Å². The number of nitrogens with one attached hydrogen (secondary N) is 2. The van der Waals surface area contributed by atoms with Gasteiger partial charge in [-0.15, -0.1) is 0 Å². The van der Waals surface area contributed by atoms with E-state index in [0.29, 0.717) is 28.6 Å². The number of nitrogens with two attached hydrogens (primary N) is 1. The number of hydrogen-bond donors (Lipinski definition) is 3. The topological polar surface area (TPSA) is 83.8 Å². The molecule has 1 unspecified atom stereocenters. The van der Waals surface area contributed by atoms with Crippen LogP contribution in [-0.2, 0) is 0 Å². The first-order chi connectivity index (χ1) is 9.02. The molecule has 2 rings (SSSR count). The summed E-state index contributed by atoms with van der Waals surface area (Å²) in [4.78, 5) is 18.4. The van der Waals surface area contributed by atoms with Crippen LogP contribution in [0, 0.1) is 5.92 Å². The summed E-state index contributed by atoms with van der Waals surface area (Å²) in [6, 6.07) is 3.86. The minimum atomic E-state index is -0.167. The SMILES string of the molecule is CCC(Nc1cc2nc[nH]c(=O)c2cc1N)C(C)C. The average molecular weight is 260 g/mol. The predicted octanol–water partition coefficient (Wildman–Crippen LogP) is 2.35. The van der Waals surface area contributed by atoms with Crippen molar-refractivity contribution in [1.29, 1.82) is 0 Å². The van der Waals surface area contributed by atoms with Gasteiger partial charge in [-0.3, -0.25) is 4.79 Å². The highest BCUT2D eigenvalue weighted by Crippen LogP contribution is 2.25. The van der Waals surface area contributed by atoms with Crippen LogP contribution in [0.1, 0.15) is 27.2 Å². The molecule has 0 bridgehead atoms. The van der Waals surface area contributed by atoms with E-state index in [1.807, 2.05) is 6.07 Å². The Kier molecular flexibility index (Phi) is 3.74. The van der Waals surface area contributed by atoms with Crippen LogP contribution < -0.4 is 16.6 Å². The molecule has 2 aromatic rings. The number of hydrogen-bond acceptors (Lipinski definition) is 4. The van der Waals surface area contributed by atoms with Crippen molar-refractivity contribution in [3.05, 3.63) is 28.8 Å². The molecular formula is C14H20N4O. The lowest BCUT2D eigenvalue weighted by Gasteiger charge is -2.23. The molecule has 0 radical (unpaired) electrons. The Balaban J connectivity index is 2.44. The fourth-order valence-corrected chi connectivity index (χ4v) is 2.20. The van der Waals surface area contributed by atoms with Crippen molar-refractivity contribution >= 4 is 22.3 Å². The first-order valence-corrected chi connectivity index (χ1v) is 6.56. The van der Waals surface area contributed by atoms with Gasteiger partial charge in [0, 0.05) is 6.04 Å². The van der Waals surface area contributed by atoms with E-state index in [9.17, 15) is 4.79 Å². The summed E-state index contributed by atoms with van der Waals surface area (Å²) in [6.07, 6.45) is 2.42. The maximum absolute atomic E-state index is 11.7. The van der Waals surface area contributed by atoms with Crippen LogP contribution >= 0.6 is 0 Å². The van der Waals surface area contributed by atoms with Gasteiger partial charge in [0.1, 0.15) is 0 Å². The van der Waals surface area contributed by atoms with Gasteiger partial charge < -0.3 is 16.0 Å². The Morgan fingerprint density at radius 2 is 2.16 bits per heavy atom. The number of rotatable bonds is 4. The zero-order valence-corrected chi connectivity index (χ0v) is 11.5. The summed E-state index contributed by atoms with van der Waals surface area (Å²) in [5, 5.41) is 3.95. The molecule has 0 aliphatic carbocycles. The number of anilines is 2. The van der Waals surface area contributed by atoms with Crippen molar-refractivity contribution in [2.45, 2.75) is 33.2 Å². The summed E-state index contributed by atoms with van der Waals surface area (Å²) >= 11 is 0. The molecule has 1 aromatic heterocycles. The minimum Gasteiger partial charge on any atom is -0.397 e. The Hall–Kier alpha value is -2.04. The maximum atomic E-state index is 11.7. The molecule has 19 heavy (non-hydrogen) atoms. The van der Waals surface area contributed by atoms with Crippen molar-refractivity contribution < 1.29 is 0 Å². The van der Waals surface area contributed by atoms with Gasteiger partial charge in [0.2, 0.25) is 0 Å². The summed E-state index contributed by atoms with van der Waals surface area (Å²) in [5.41, 5.74) is 7.91. The van der Waals surface area contributed by atoms with Crippen molar-refractivity contribution in [2.75, 3.05) is 11.1 Å². The molecule has 4 N–H and O–H groups in total. The summed E-state index contributed by atoms with van der Waals surface area (Å²) in [7, 11) is 0. The van der Waals surface area contributed by atoms with Gasteiger partial charge in [-0.05, 0) is 24.5 Å². The summed E-state index contributed by atoms with van der Waals surface area (Å²) < 4.78 is 0. The van der Waals surface area contributed by atoms with E-state index in [1.165, 1.54) is 6.33 Å². The van der Waals surface area contributed by atoms with E-state index in [2.05, 4.69) is 36.1 Å². The Labute approximate surface area is 112 Å².